The summed E-state index contributed by atoms with van der Waals surface area (Å²) in [5.41, 5.74) is 0.408. The van der Waals surface area contributed by atoms with E-state index in [4.69, 9.17) is 4.74 Å². The molecule has 2 aromatic carbocycles. The number of aromatic nitrogens is 2. The minimum atomic E-state index is -0.648. The number of anilines is 2. The highest BCUT2D eigenvalue weighted by Crippen LogP contribution is 2.32. The first kappa shape index (κ1) is 22.5. The molecule has 1 amide bonds. The van der Waals surface area contributed by atoms with Crippen LogP contribution in [0.1, 0.15) is 18.4 Å². The number of nitrogens with zero attached hydrogens (tertiary/aromatic N) is 4. The quantitative estimate of drug-likeness (QED) is 0.621. The fourth-order valence-electron chi connectivity index (χ4n) is 4.72. The van der Waals surface area contributed by atoms with Crippen molar-refractivity contribution in [3.8, 4) is 0 Å². The van der Waals surface area contributed by atoms with E-state index in [1.165, 1.54) is 12.1 Å². The molecule has 0 bridgehead atoms. The lowest BCUT2D eigenvalue weighted by molar-refractivity contribution is -0.125. The number of piperidine rings is 1. The number of fused-ring (bicyclic) bond motifs is 1. The zero-order chi connectivity index (χ0) is 23.5. The Bertz CT molecular complexity index is 1160. The summed E-state index contributed by atoms with van der Waals surface area (Å²) in [6.45, 7) is 4.42. The summed E-state index contributed by atoms with van der Waals surface area (Å²) in [6.07, 6.45) is 1.34. The number of ether oxygens (including phenoxy) is 1. The molecular weight excluding hydrogens is 440 g/mol. The Morgan fingerprint density at radius 2 is 1.47 bits per heavy atom. The highest BCUT2D eigenvalue weighted by Gasteiger charge is 2.27. The molecule has 2 fully saturated rings. The molecule has 1 aromatic heterocycles. The van der Waals surface area contributed by atoms with Crippen molar-refractivity contribution in [2.24, 2.45) is 5.92 Å². The molecule has 0 atom stereocenters. The van der Waals surface area contributed by atoms with Crippen LogP contribution in [0.4, 0.5) is 20.4 Å². The van der Waals surface area contributed by atoms with Gasteiger partial charge in [-0.2, -0.15) is 0 Å². The lowest BCUT2D eigenvalue weighted by Gasteiger charge is -2.33. The summed E-state index contributed by atoms with van der Waals surface area (Å²) >= 11 is 0. The van der Waals surface area contributed by atoms with E-state index in [2.05, 4.69) is 37.4 Å². The van der Waals surface area contributed by atoms with Gasteiger partial charge in [-0.15, -0.1) is 10.2 Å². The first-order chi connectivity index (χ1) is 16.6. The van der Waals surface area contributed by atoms with Crippen molar-refractivity contribution in [1.82, 2.24) is 15.5 Å². The van der Waals surface area contributed by atoms with E-state index in [1.54, 1.807) is 0 Å². The molecule has 0 spiro atoms. The molecule has 178 valence electrons. The van der Waals surface area contributed by atoms with Gasteiger partial charge in [0.25, 0.3) is 0 Å². The Morgan fingerprint density at radius 3 is 2.06 bits per heavy atom. The van der Waals surface area contributed by atoms with Crippen molar-refractivity contribution in [1.29, 1.82) is 0 Å². The van der Waals surface area contributed by atoms with Gasteiger partial charge in [0.2, 0.25) is 5.91 Å². The van der Waals surface area contributed by atoms with Gasteiger partial charge in [-0.25, -0.2) is 8.78 Å². The predicted molar refractivity (Wildman–Crippen MR) is 126 cm³/mol. The summed E-state index contributed by atoms with van der Waals surface area (Å²) < 4.78 is 32.2. The molecule has 0 saturated carbocycles. The van der Waals surface area contributed by atoms with E-state index in [9.17, 15) is 13.6 Å². The molecule has 0 radical (unpaired) electrons. The summed E-state index contributed by atoms with van der Waals surface area (Å²) in [5.74, 6) is 0.174. The van der Waals surface area contributed by atoms with Gasteiger partial charge in [0.05, 0.1) is 13.2 Å². The standard InChI is InChI=1S/C25H27F2N5O2/c26-19-13-17(14-20(27)15-19)16-28-25(33)18-5-7-31(8-6-18)23-21-3-1-2-4-22(21)24(30-29-23)32-9-11-34-12-10-32/h1-4,13-15,18H,5-12,16H2,(H,28,33). The second kappa shape index (κ2) is 9.89. The van der Waals surface area contributed by atoms with Crippen LogP contribution >= 0.6 is 0 Å². The number of hydrogen-bond acceptors (Lipinski definition) is 6. The first-order valence-corrected chi connectivity index (χ1v) is 11.6. The van der Waals surface area contributed by atoms with Crippen LogP contribution in [0, 0.1) is 17.6 Å². The normalized spacial score (nSPS) is 17.2. The molecule has 0 aliphatic carbocycles. The molecule has 2 saturated heterocycles. The predicted octanol–water partition coefficient (Wildman–Crippen LogP) is 3.28. The number of morpholine rings is 1. The van der Waals surface area contributed by atoms with Crippen LogP contribution in [-0.2, 0) is 16.1 Å². The van der Waals surface area contributed by atoms with Crippen molar-refractivity contribution in [3.63, 3.8) is 0 Å². The van der Waals surface area contributed by atoms with Gasteiger partial charge in [0.15, 0.2) is 11.6 Å². The monoisotopic (exact) mass is 467 g/mol. The van der Waals surface area contributed by atoms with E-state index in [1.807, 2.05) is 12.1 Å². The number of halogens is 2. The number of rotatable bonds is 5. The van der Waals surface area contributed by atoms with E-state index >= 15 is 0 Å². The van der Waals surface area contributed by atoms with Crippen molar-refractivity contribution >= 4 is 28.3 Å². The van der Waals surface area contributed by atoms with Crippen LogP contribution in [0.15, 0.2) is 42.5 Å². The first-order valence-electron chi connectivity index (χ1n) is 11.6. The van der Waals surface area contributed by atoms with Gasteiger partial charge < -0.3 is 19.9 Å². The lowest BCUT2D eigenvalue weighted by Crippen LogP contribution is -2.41. The smallest absolute Gasteiger partial charge is 0.223 e. The lowest BCUT2D eigenvalue weighted by atomic mass is 9.95. The number of benzene rings is 2. The van der Waals surface area contributed by atoms with Crippen molar-refractivity contribution < 1.29 is 18.3 Å². The number of carbonyl (C=O) groups excluding carboxylic acids is 1. The van der Waals surface area contributed by atoms with Crippen molar-refractivity contribution in [2.75, 3.05) is 49.2 Å². The summed E-state index contributed by atoms with van der Waals surface area (Å²) in [5, 5.41) is 14.1. The summed E-state index contributed by atoms with van der Waals surface area (Å²) in [4.78, 5) is 17.1. The van der Waals surface area contributed by atoms with Crippen LogP contribution in [0.25, 0.3) is 10.8 Å². The summed E-state index contributed by atoms with van der Waals surface area (Å²) in [6, 6.07) is 11.5. The van der Waals surface area contributed by atoms with Gasteiger partial charge in [-0.05, 0) is 30.5 Å². The fraction of sp³-hybridized carbons (Fsp3) is 0.400. The van der Waals surface area contributed by atoms with E-state index in [-0.39, 0.29) is 18.4 Å². The zero-order valence-corrected chi connectivity index (χ0v) is 18.8. The average molecular weight is 468 g/mol. The number of amides is 1. The SMILES string of the molecule is O=C(NCc1cc(F)cc(F)c1)C1CCN(c2nnc(N3CCOCC3)c3ccccc23)CC1. The second-order valence-corrected chi connectivity index (χ2v) is 8.75. The second-order valence-electron chi connectivity index (χ2n) is 8.75. The molecule has 0 unspecified atom stereocenters. The van der Waals surface area contributed by atoms with Gasteiger partial charge in [0, 0.05) is 55.5 Å². The maximum atomic E-state index is 13.4. The van der Waals surface area contributed by atoms with Crippen molar-refractivity contribution in [2.45, 2.75) is 19.4 Å². The fourth-order valence-corrected chi connectivity index (χ4v) is 4.72. The Balaban J connectivity index is 1.24. The number of hydrogen-bond donors (Lipinski definition) is 1. The molecule has 34 heavy (non-hydrogen) atoms. The highest BCUT2D eigenvalue weighted by molar-refractivity contribution is 5.99. The maximum absolute atomic E-state index is 13.4. The van der Waals surface area contributed by atoms with Crippen LogP contribution in [0.3, 0.4) is 0 Å². The molecule has 5 rings (SSSR count). The number of nitrogens with one attached hydrogen (secondary N) is 1. The highest BCUT2D eigenvalue weighted by atomic mass is 19.1. The van der Waals surface area contributed by atoms with Crippen LogP contribution in [0.2, 0.25) is 0 Å². The topological polar surface area (TPSA) is 70.6 Å². The van der Waals surface area contributed by atoms with Crippen LogP contribution in [-0.4, -0.2) is 55.5 Å². The largest absolute Gasteiger partial charge is 0.378 e. The molecule has 7 nitrogen and oxygen atoms in total. The minimum Gasteiger partial charge on any atom is -0.378 e. The van der Waals surface area contributed by atoms with Crippen LogP contribution < -0.4 is 15.1 Å². The van der Waals surface area contributed by atoms with E-state index in [0.29, 0.717) is 44.7 Å². The maximum Gasteiger partial charge on any atom is 0.223 e. The third-order valence-corrected chi connectivity index (χ3v) is 6.51. The Hall–Kier alpha value is -3.33. The third kappa shape index (κ3) is 4.79. The van der Waals surface area contributed by atoms with Gasteiger partial charge in [0.1, 0.15) is 11.6 Å². The molecule has 1 N–H and O–H groups in total. The van der Waals surface area contributed by atoms with Gasteiger partial charge in [-0.3, -0.25) is 4.79 Å². The van der Waals surface area contributed by atoms with E-state index in [0.717, 1.165) is 41.6 Å². The minimum absolute atomic E-state index is 0.0945. The molecular formula is C25H27F2N5O2. The molecule has 3 heterocycles. The molecule has 2 aliphatic rings. The Morgan fingerprint density at radius 1 is 0.912 bits per heavy atom. The zero-order valence-electron chi connectivity index (χ0n) is 18.8. The van der Waals surface area contributed by atoms with Gasteiger partial charge >= 0.3 is 0 Å². The molecule has 2 aliphatic heterocycles. The Kier molecular flexibility index (Phi) is 6.53. The molecule has 9 heteroatoms. The average Bonchev–Trinajstić information content (AvgIpc) is 2.87. The van der Waals surface area contributed by atoms with Gasteiger partial charge in [-0.1, -0.05) is 24.3 Å². The molecule has 3 aromatic rings. The van der Waals surface area contributed by atoms with Crippen LogP contribution in [0.5, 0.6) is 0 Å². The van der Waals surface area contributed by atoms with E-state index < -0.39 is 11.6 Å². The van der Waals surface area contributed by atoms with Crippen molar-refractivity contribution in [3.05, 3.63) is 59.7 Å². The Labute approximate surface area is 196 Å². The summed E-state index contributed by atoms with van der Waals surface area (Å²) in [7, 11) is 0. The third-order valence-electron chi connectivity index (χ3n) is 6.51. The number of carbonyl (C=O) groups is 1.